The number of piperidine rings is 1. The van der Waals surface area contributed by atoms with E-state index < -0.39 is 21.5 Å². The molecular formula is C18H25ClN4O4S2. The second kappa shape index (κ2) is 7.90. The first kappa shape index (κ1) is 21.2. The van der Waals surface area contributed by atoms with Gasteiger partial charge in [-0.05, 0) is 25.8 Å². The molecule has 11 heteroatoms. The number of thiophene rings is 1. The minimum absolute atomic E-state index is 0.0489. The fraction of sp³-hybridized carbons (Fsp3) is 0.667. The zero-order chi connectivity index (χ0) is 20.8. The number of aromatic nitrogens is 3. The van der Waals surface area contributed by atoms with Gasteiger partial charge >= 0.3 is 0 Å². The number of ether oxygens (including phenoxy) is 1. The van der Waals surface area contributed by atoms with Gasteiger partial charge in [-0.25, -0.2) is 8.42 Å². The molecule has 2 aromatic rings. The molecule has 1 fully saturated rings. The van der Waals surface area contributed by atoms with Crippen molar-refractivity contribution < 1.29 is 18.3 Å². The molecule has 29 heavy (non-hydrogen) atoms. The molecule has 4 heterocycles. The van der Waals surface area contributed by atoms with Crippen molar-refractivity contribution in [3.05, 3.63) is 32.7 Å². The lowest BCUT2D eigenvalue weighted by Crippen LogP contribution is -2.50. The summed E-state index contributed by atoms with van der Waals surface area (Å²) in [5.74, 6) is 0.0489. The molecule has 1 spiro atoms. The van der Waals surface area contributed by atoms with Crippen LogP contribution in [0.5, 0.6) is 0 Å². The first-order valence-electron chi connectivity index (χ1n) is 9.58. The van der Waals surface area contributed by atoms with Crippen molar-refractivity contribution in [2.75, 3.05) is 25.2 Å². The van der Waals surface area contributed by atoms with Gasteiger partial charge in [0, 0.05) is 42.0 Å². The number of halogens is 1. The highest BCUT2D eigenvalue weighted by molar-refractivity contribution is 7.90. The van der Waals surface area contributed by atoms with Crippen LogP contribution in [-0.4, -0.2) is 64.6 Å². The Morgan fingerprint density at radius 3 is 3.00 bits per heavy atom. The Morgan fingerprint density at radius 2 is 2.28 bits per heavy atom. The van der Waals surface area contributed by atoms with E-state index in [0.717, 1.165) is 35.5 Å². The van der Waals surface area contributed by atoms with Crippen molar-refractivity contribution in [2.45, 2.75) is 50.6 Å². The van der Waals surface area contributed by atoms with Crippen LogP contribution in [0.1, 0.15) is 42.0 Å². The van der Waals surface area contributed by atoms with Gasteiger partial charge in [-0.2, -0.15) is 0 Å². The third-order valence-corrected chi connectivity index (χ3v) is 8.10. The molecule has 3 atom stereocenters. The van der Waals surface area contributed by atoms with E-state index in [4.69, 9.17) is 16.3 Å². The fourth-order valence-electron chi connectivity index (χ4n) is 4.18. The lowest BCUT2D eigenvalue weighted by atomic mass is 9.81. The predicted molar refractivity (Wildman–Crippen MR) is 111 cm³/mol. The number of sulfone groups is 1. The Hall–Kier alpha value is -1.04. The summed E-state index contributed by atoms with van der Waals surface area (Å²) >= 11 is 7.74. The summed E-state index contributed by atoms with van der Waals surface area (Å²) in [6.45, 7) is 4.24. The Morgan fingerprint density at radius 1 is 1.48 bits per heavy atom. The summed E-state index contributed by atoms with van der Waals surface area (Å²) < 4.78 is 31.1. The van der Waals surface area contributed by atoms with Crippen LogP contribution in [0.3, 0.4) is 0 Å². The predicted octanol–water partition coefficient (Wildman–Crippen LogP) is 1.98. The lowest BCUT2D eigenvalue weighted by molar-refractivity contribution is -0.139. The second-order valence-corrected chi connectivity index (χ2v) is 12.0. The summed E-state index contributed by atoms with van der Waals surface area (Å²) in [5.41, 5.74) is 1.33. The van der Waals surface area contributed by atoms with Crippen LogP contribution in [0.25, 0.3) is 0 Å². The Labute approximate surface area is 179 Å². The van der Waals surface area contributed by atoms with Gasteiger partial charge in [0.15, 0.2) is 0 Å². The number of fused-ring (bicyclic) bond motifs is 2. The average Bonchev–Trinajstić information content (AvgIpc) is 3.26. The number of hydrogen-bond donors (Lipinski definition) is 1. The fourth-order valence-corrected chi connectivity index (χ4v) is 6.18. The molecule has 2 aliphatic heterocycles. The van der Waals surface area contributed by atoms with E-state index in [1.54, 1.807) is 4.68 Å². The highest BCUT2D eigenvalue weighted by atomic mass is 35.5. The maximum absolute atomic E-state index is 11.3. The number of aliphatic hydroxyl groups excluding tert-OH is 1. The first-order chi connectivity index (χ1) is 13.7. The first-order valence-corrected chi connectivity index (χ1v) is 12.8. The third kappa shape index (κ3) is 4.52. The molecule has 1 unspecified atom stereocenters. The number of rotatable bonds is 5. The van der Waals surface area contributed by atoms with E-state index in [1.807, 2.05) is 12.3 Å². The van der Waals surface area contributed by atoms with Crippen molar-refractivity contribution in [3.8, 4) is 0 Å². The molecular weight excluding hydrogens is 436 g/mol. The maximum Gasteiger partial charge on any atom is 0.149 e. The van der Waals surface area contributed by atoms with Gasteiger partial charge in [0.05, 0.1) is 28.9 Å². The zero-order valence-electron chi connectivity index (χ0n) is 16.4. The quantitative estimate of drug-likeness (QED) is 0.728. The molecule has 0 amide bonds. The molecule has 1 N–H and O–H groups in total. The smallest absolute Gasteiger partial charge is 0.149 e. The number of aryl methyl sites for hydroxylation is 1. The van der Waals surface area contributed by atoms with Gasteiger partial charge < -0.3 is 9.84 Å². The Bertz CT molecular complexity index is 992. The van der Waals surface area contributed by atoms with Crippen LogP contribution in [0, 0.1) is 0 Å². The van der Waals surface area contributed by atoms with Crippen LogP contribution >= 0.6 is 22.9 Å². The normalized spacial score (nSPS) is 28.0. The van der Waals surface area contributed by atoms with Crippen molar-refractivity contribution >= 4 is 32.8 Å². The van der Waals surface area contributed by atoms with E-state index in [1.165, 1.54) is 17.6 Å². The molecule has 2 aliphatic rings. The van der Waals surface area contributed by atoms with Crippen LogP contribution in [0.4, 0.5) is 0 Å². The second-order valence-electron chi connectivity index (χ2n) is 8.03. The summed E-state index contributed by atoms with van der Waals surface area (Å²) in [6.07, 6.45) is 4.04. The molecule has 160 valence electrons. The van der Waals surface area contributed by atoms with E-state index in [0.29, 0.717) is 24.0 Å². The van der Waals surface area contributed by atoms with Gasteiger partial charge in [-0.1, -0.05) is 16.8 Å². The van der Waals surface area contributed by atoms with Gasteiger partial charge in [-0.15, -0.1) is 16.4 Å². The standard InChI is InChI=1S/C18H25ClN4O4S2/c1-12-8-18(17-14(7-16(19)28-17)15(24)11-27-18)3-4-22(12)9-13-10-23(21-20-13)5-6-29(2,25)26/h7,10,12,15,24H,3-6,8-9,11H2,1-2H3/t12-,15?,18+/m0/s1. The number of aliphatic hydroxyl groups is 1. The molecule has 0 aliphatic carbocycles. The zero-order valence-corrected chi connectivity index (χ0v) is 18.8. The minimum Gasteiger partial charge on any atom is -0.386 e. The third-order valence-electron chi connectivity index (χ3n) is 5.71. The summed E-state index contributed by atoms with van der Waals surface area (Å²) in [5, 5.41) is 18.5. The van der Waals surface area contributed by atoms with Gasteiger partial charge in [0.25, 0.3) is 0 Å². The molecule has 0 saturated carbocycles. The Balaban J connectivity index is 1.43. The van der Waals surface area contributed by atoms with Crippen molar-refractivity contribution in [1.29, 1.82) is 0 Å². The molecule has 8 nitrogen and oxygen atoms in total. The summed E-state index contributed by atoms with van der Waals surface area (Å²) in [4.78, 5) is 3.39. The van der Waals surface area contributed by atoms with Crippen molar-refractivity contribution in [3.63, 3.8) is 0 Å². The molecule has 2 aromatic heterocycles. The lowest BCUT2D eigenvalue weighted by Gasteiger charge is -2.47. The maximum atomic E-state index is 11.3. The average molecular weight is 461 g/mol. The summed E-state index contributed by atoms with van der Waals surface area (Å²) in [7, 11) is -3.03. The van der Waals surface area contributed by atoms with Gasteiger partial charge in [-0.3, -0.25) is 9.58 Å². The van der Waals surface area contributed by atoms with Crippen LogP contribution < -0.4 is 0 Å². The minimum atomic E-state index is -3.03. The molecule has 1 saturated heterocycles. The number of hydrogen-bond acceptors (Lipinski definition) is 8. The monoisotopic (exact) mass is 460 g/mol. The van der Waals surface area contributed by atoms with E-state index in [9.17, 15) is 13.5 Å². The van der Waals surface area contributed by atoms with Crippen LogP contribution in [0.2, 0.25) is 4.34 Å². The Kier molecular flexibility index (Phi) is 5.77. The highest BCUT2D eigenvalue weighted by Gasteiger charge is 2.46. The molecule has 0 aromatic carbocycles. The molecule has 0 bridgehead atoms. The number of likely N-dealkylation sites (tertiary alicyclic amines) is 1. The number of nitrogens with zero attached hydrogens (tertiary/aromatic N) is 4. The van der Waals surface area contributed by atoms with Gasteiger partial charge in [0.1, 0.15) is 21.5 Å². The van der Waals surface area contributed by atoms with Crippen LogP contribution in [0.15, 0.2) is 12.3 Å². The molecule has 0 radical (unpaired) electrons. The van der Waals surface area contributed by atoms with Gasteiger partial charge in [0.2, 0.25) is 0 Å². The highest BCUT2D eigenvalue weighted by Crippen LogP contribution is 2.50. The van der Waals surface area contributed by atoms with E-state index >= 15 is 0 Å². The summed E-state index contributed by atoms with van der Waals surface area (Å²) in [6, 6.07) is 2.11. The van der Waals surface area contributed by atoms with Crippen LogP contribution in [-0.2, 0) is 33.3 Å². The van der Waals surface area contributed by atoms with Crippen molar-refractivity contribution in [1.82, 2.24) is 19.9 Å². The largest absolute Gasteiger partial charge is 0.386 e. The SMILES string of the molecule is C[C@H]1C[C@@]2(CCN1Cc1cn(CCS(C)(=O)=O)nn1)OCC(O)c1cc(Cl)sc12. The van der Waals surface area contributed by atoms with E-state index in [-0.39, 0.29) is 11.8 Å². The topological polar surface area (TPSA) is 97.6 Å². The van der Waals surface area contributed by atoms with E-state index in [2.05, 4.69) is 22.1 Å². The molecule has 4 rings (SSSR count). The van der Waals surface area contributed by atoms with Crippen molar-refractivity contribution in [2.24, 2.45) is 0 Å².